The number of aliphatic hydroxyl groups excluding tert-OH is 1. The third-order valence-electron chi connectivity index (χ3n) is 5.87. The maximum atomic E-state index is 13.2. The van der Waals surface area contributed by atoms with Crippen molar-refractivity contribution in [3.8, 4) is 5.75 Å². The summed E-state index contributed by atoms with van der Waals surface area (Å²) in [6, 6.07) is 16.8. The van der Waals surface area contributed by atoms with E-state index in [-0.39, 0.29) is 16.7 Å². The summed E-state index contributed by atoms with van der Waals surface area (Å²) in [7, 11) is 0. The summed E-state index contributed by atoms with van der Waals surface area (Å²) in [5.41, 5.74) is 2.01. The van der Waals surface area contributed by atoms with Gasteiger partial charge in [0.15, 0.2) is 0 Å². The SMILES string of the molecule is CCCOc1ccc(/C(O)=C2/C(=O)C(=O)N(c3ccc(C(C)(C)C)cc3)C2c2ccco2)cc1. The summed E-state index contributed by atoms with van der Waals surface area (Å²) >= 11 is 0. The average Bonchev–Trinajstić information content (AvgIpc) is 3.44. The van der Waals surface area contributed by atoms with Gasteiger partial charge in [-0.05, 0) is 65.9 Å². The Labute approximate surface area is 199 Å². The second-order valence-corrected chi connectivity index (χ2v) is 9.35. The molecule has 1 aliphatic rings. The van der Waals surface area contributed by atoms with Gasteiger partial charge in [-0.1, -0.05) is 39.8 Å². The zero-order chi connectivity index (χ0) is 24.5. The molecule has 0 aliphatic carbocycles. The van der Waals surface area contributed by atoms with Crippen LogP contribution in [-0.2, 0) is 15.0 Å². The molecular formula is C28H29NO5. The van der Waals surface area contributed by atoms with Gasteiger partial charge in [0.25, 0.3) is 11.7 Å². The van der Waals surface area contributed by atoms with Gasteiger partial charge >= 0.3 is 0 Å². The number of rotatable bonds is 6. The van der Waals surface area contributed by atoms with Crippen LogP contribution in [0, 0.1) is 0 Å². The number of benzene rings is 2. The molecule has 1 saturated heterocycles. The molecule has 0 bridgehead atoms. The Morgan fingerprint density at radius 1 is 1.03 bits per heavy atom. The van der Waals surface area contributed by atoms with Crippen LogP contribution in [0.1, 0.15) is 57.0 Å². The van der Waals surface area contributed by atoms with E-state index in [4.69, 9.17) is 9.15 Å². The van der Waals surface area contributed by atoms with E-state index in [2.05, 4.69) is 20.8 Å². The lowest BCUT2D eigenvalue weighted by molar-refractivity contribution is -0.132. The molecule has 1 aromatic heterocycles. The van der Waals surface area contributed by atoms with Crippen molar-refractivity contribution < 1.29 is 23.8 Å². The number of carbonyl (C=O) groups excluding carboxylic acids is 2. The number of hydrogen-bond acceptors (Lipinski definition) is 5. The number of nitrogens with zero attached hydrogens (tertiary/aromatic N) is 1. The van der Waals surface area contributed by atoms with Crippen molar-refractivity contribution in [2.45, 2.75) is 45.6 Å². The highest BCUT2D eigenvalue weighted by molar-refractivity contribution is 6.51. The van der Waals surface area contributed by atoms with Gasteiger partial charge in [0.05, 0.1) is 18.4 Å². The molecule has 4 rings (SSSR count). The van der Waals surface area contributed by atoms with E-state index in [1.165, 1.54) is 11.2 Å². The Bertz CT molecular complexity index is 1200. The first-order valence-corrected chi connectivity index (χ1v) is 11.4. The van der Waals surface area contributed by atoms with Crippen LogP contribution in [0.2, 0.25) is 0 Å². The highest BCUT2D eigenvalue weighted by Gasteiger charge is 2.48. The predicted molar refractivity (Wildman–Crippen MR) is 131 cm³/mol. The molecule has 6 nitrogen and oxygen atoms in total. The van der Waals surface area contributed by atoms with Crippen LogP contribution in [0.4, 0.5) is 5.69 Å². The minimum absolute atomic E-state index is 0.0120. The van der Waals surface area contributed by atoms with Crippen LogP contribution >= 0.6 is 0 Å². The minimum atomic E-state index is -0.883. The number of aliphatic hydroxyl groups is 1. The normalized spacial score (nSPS) is 17.9. The molecule has 1 amide bonds. The maximum absolute atomic E-state index is 13.2. The molecule has 0 radical (unpaired) electrons. The van der Waals surface area contributed by atoms with E-state index in [1.54, 1.807) is 36.4 Å². The highest BCUT2D eigenvalue weighted by atomic mass is 16.5. The monoisotopic (exact) mass is 459 g/mol. The molecular weight excluding hydrogens is 430 g/mol. The number of hydrogen-bond donors (Lipinski definition) is 1. The summed E-state index contributed by atoms with van der Waals surface area (Å²) in [6.07, 6.45) is 2.36. The number of ether oxygens (including phenoxy) is 1. The molecule has 3 aromatic rings. The van der Waals surface area contributed by atoms with E-state index in [0.717, 1.165) is 12.0 Å². The first-order chi connectivity index (χ1) is 16.2. The molecule has 34 heavy (non-hydrogen) atoms. The lowest BCUT2D eigenvalue weighted by atomic mass is 9.87. The lowest BCUT2D eigenvalue weighted by Crippen LogP contribution is -2.29. The molecule has 1 aliphatic heterocycles. The molecule has 0 saturated carbocycles. The van der Waals surface area contributed by atoms with Gasteiger partial charge in [-0.2, -0.15) is 0 Å². The third kappa shape index (κ3) is 4.36. The minimum Gasteiger partial charge on any atom is -0.507 e. The largest absolute Gasteiger partial charge is 0.507 e. The highest BCUT2D eigenvalue weighted by Crippen LogP contribution is 2.42. The number of ketones is 1. The van der Waals surface area contributed by atoms with Crippen molar-refractivity contribution in [1.82, 2.24) is 0 Å². The summed E-state index contributed by atoms with van der Waals surface area (Å²) in [4.78, 5) is 27.7. The molecule has 176 valence electrons. The molecule has 0 spiro atoms. The lowest BCUT2D eigenvalue weighted by Gasteiger charge is -2.25. The fourth-order valence-corrected chi connectivity index (χ4v) is 4.02. The Kier molecular flexibility index (Phi) is 6.33. The standard InChI is InChI=1S/C28H29NO5/c1-5-16-33-21-14-8-18(9-15-21)25(30)23-24(22-7-6-17-34-22)29(27(32)26(23)31)20-12-10-19(11-13-20)28(2,3)4/h6-15,17,24,30H,5,16H2,1-4H3/b25-23-. The zero-order valence-electron chi connectivity index (χ0n) is 19.9. The summed E-state index contributed by atoms with van der Waals surface area (Å²) in [6.45, 7) is 8.92. The first kappa shape index (κ1) is 23.4. The number of anilines is 1. The quantitative estimate of drug-likeness (QED) is 0.278. The van der Waals surface area contributed by atoms with Crippen LogP contribution in [0.15, 0.2) is 76.9 Å². The van der Waals surface area contributed by atoms with E-state index >= 15 is 0 Å². The summed E-state index contributed by atoms with van der Waals surface area (Å²) < 4.78 is 11.2. The van der Waals surface area contributed by atoms with Crippen LogP contribution in [0.25, 0.3) is 5.76 Å². The van der Waals surface area contributed by atoms with E-state index in [1.807, 2.05) is 31.2 Å². The Balaban J connectivity index is 1.78. The smallest absolute Gasteiger partial charge is 0.300 e. The molecule has 1 fully saturated rings. The van der Waals surface area contributed by atoms with Crippen molar-refractivity contribution in [3.05, 3.63) is 89.4 Å². The molecule has 2 heterocycles. The van der Waals surface area contributed by atoms with Crippen molar-refractivity contribution in [2.24, 2.45) is 0 Å². The molecule has 1 N–H and O–H groups in total. The average molecular weight is 460 g/mol. The van der Waals surface area contributed by atoms with E-state index in [0.29, 0.717) is 29.4 Å². The molecule has 6 heteroatoms. The Morgan fingerprint density at radius 3 is 2.26 bits per heavy atom. The molecule has 1 atom stereocenters. The number of carbonyl (C=O) groups is 2. The second-order valence-electron chi connectivity index (χ2n) is 9.35. The summed E-state index contributed by atoms with van der Waals surface area (Å²) in [5.74, 6) is -0.668. The van der Waals surface area contributed by atoms with Gasteiger partial charge in [0.1, 0.15) is 23.3 Å². The van der Waals surface area contributed by atoms with Crippen molar-refractivity contribution >= 4 is 23.1 Å². The van der Waals surface area contributed by atoms with E-state index in [9.17, 15) is 14.7 Å². The summed E-state index contributed by atoms with van der Waals surface area (Å²) in [5, 5.41) is 11.2. The second kappa shape index (κ2) is 9.21. The first-order valence-electron chi connectivity index (χ1n) is 11.4. The van der Waals surface area contributed by atoms with Crippen LogP contribution < -0.4 is 9.64 Å². The molecule has 2 aromatic carbocycles. The topological polar surface area (TPSA) is 80.0 Å². The number of Topliss-reactive ketones (excluding diaryl/α,β-unsaturated/α-hetero) is 1. The van der Waals surface area contributed by atoms with Crippen molar-refractivity contribution in [2.75, 3.05) is 11.5 Å². The number of amides is 1. The Hall–Kier alpha value is -3.80. The van der Waals surface area contributed by atoms with Crippen LogP contribution in [0.3, 0.4) is 0 Å². The number of furan rings is 1. The fraction of sp³-hybridized carbons (Fsp3) is 0.286. The predicted octanol–water partition coefficient (Wildman–Crippen LogP) is 5.99. The van der Waals surface area contributed by atoms with Crippen LogP contribution in [-0.4, -0.2) is 23.4 Å². The zero-order valence-corrected chi connectivity index (χ0v) is 19.9. The van der Waals surface area contributed by atoms with Gasteiger partial charge < -0.3 is 14.3 Å². The van der Waals surface area contributed by atoms with E-state index < -0.39 is 17.7 Å². The van der Waals surface area contributed by atoms with Gasteiger partial charge in [-0.15, -0.1) is 0 Å². The van der Waals surface area contributed by atoms with Crippen molar-refractivity contribution in [3.63, 3.8) is 0 Å². The van der Waals surface area contributed by atoms with Gasteiger partial charge in [0.2, 0.25) is 0 Å². The van der Waals surface area contributed by atoms with Gasteiger partial charge in [0, 0.05) is 11.3 Å². The fourth-order valence-electron chi connectivity index (χ4n) is 4.02. The van der Waals surface area contributed by atoms with Gasteiger partial charge in [-0.3, -0.25) is 14.5 Å². The molecule has 1 unspecified atom stereocenters. The Morgan fingerprint density at radius 2 is 1.71 bits per heavy atom. The van der Waals surface area contributed by atoms with Crippen molar-refractivity contribution in [1.29, 1.82) is 0 Å². The van der Waals surface area contributed by atoms with Crippen LogP contribution in [0.5, 0.6) is 5.75 Å². The maximum Gasteiger partial charge on any atom is 0.300 e. The third-order valence-corrected chi connectivity index (χ3v) is 5.87. The van der Waals surface area contributed by atoms with Gasteiger partial charge in [-0.25, -0.2) is 0 Å².